The molecule has 1 unspecified atom stereocenters. The van der Waals surface area contributed by atoms with Crippen molar-refractivity contribution >= 4 is 6.03 Å². The third-order valence-corrected chi connectivity index (χ3v) is 4.38. The van der Waals surface area contributed by atoms with Gasteiger partial charge in [0, 0.05) is 32.8 Å². The minimum atomic E-state index is 0.226. The highest BCUT2D eigenvalue weighted by Crippen LogP contribution is 2.22. The van der Waals surface area contributed by atoms with E-state index in [4.69, 9.17) is 5.11 Å². The molecule has 4 nitrogen and oxygen atoms in total. The fourth-order valence-electron chi connectivity index (χ4n) is 3.06. The van der Waals surface area contributed by atoms with Gasteiger partial charge in [-0.15, -0.1) is 0 Å². The summed E-state index contributed by atoms with van der Waals surface area (Å²) in [5, 5.41) is 9.01. The quantitative estimate of drug-likeness (QED) is 0.818. The van der Waals surface area contributed by atoms with Gasteiger partial charge in [0.15, 0.2) is 0 Å². The van der Waals surface area contributed by atoms with E-state index in [9.17, 15) is 4.79 Å². The number of rotatable bonds is 2. The van der Waals surface area contributed by atoms with Crippen molar-refractivity contribution in [2.24, 2.45) is 11.8 Å². The first-order chi connectivity index (χ1) is 8.70. The Kier molecular flexibility index (Phi) is 4.87. The first-order valence-corrected chi connectivity index (χ1v) is 7.35. The number of amides is 2. The first-order valence-electron chi connectivity index (χ1n) is 7.35. The van der Waals surface area contributed by atoms with Crippen LogP contribution < -0.4 is 0 Å². The number of hydrogen-bond acceptors (Lipinski definition) is 2. The molecule has 2 aliphatic heterocycles. The van der Waals surface area contributed by atoms with E-state index < -0.39 is 0 Å². The van der Waals surface area contributed by atoms with E-state index in [1.807, 2.05) is 9.80 Å². The van der Waals surface area contributed by atoms with Crippen LogP contribution in [-0.4, -0.2) is 53.7 Å². The fourth-order valence-corrected chi connectivity index (χ4v) is 3.06. The Labute approximate surface area is 110 Å². The average Bonchev–Trinajstić information content (AvgIpc) is 2.39. The average molecular weight is 254 g/mol. The summed E-state index contributed by atoms with van der Waals surface area (Å²) in [6.45, 7) is 6.08. The van der Waals surface area contributed by atoms with Gasteiger partial charge in [0.05, 0.1) is 0 Å². The normalized spacial score (nSPS) is 26.4. The molecule has 1 N–H and O–H groups in total. The van der Waals surface area contributed by atoms with Crippen molar-refractivity contribution in [2.75, 3.05) is 32.8 Å². The van der Waals surface area contributed by atoms with E-state index >= 15 is 0 Å². The van der Waals surface area contributed by atoms with E-state index in [-0.39, 0.29) is 12.6 Å². The second-order valence-electron chi connectivity index (χ2n) is 5.92. The monoisotopic (exact) mass is 254 g/mol. The van der Waals surface area contributed by atoms with E-state index in [2.05, 4.69) is 6.92 Å². The third kappa shape index (κ3) is 3.37. The van der Waals surface area contributed by atoms with Crippen molar-refractivity contribution in [3.8, 4) is 0 Å². The SMILES string of the molecule is CC1CCN(C(=O)N2CCCC(CCO)C2)CC1. The van der Waals surface area contributed by atoms with Crippen LogP contribution in [0.25, 0.3) is 0 Å². The van der Waals surface area contributed by atoms with Crippen LogP contribution in [0.4, 0.5) is 4.79 Å². The molecule has 0 spiro atoms. The number of urea groups is 1. The van der Waals surface area contributed by atoms with Gasteiger partial charge >= 0.3 is 6.03 Å². The molecule has 0 saturated carbocycles. The van der Waals surface area contributed by atoms with E-state index in [1.165, 1.54) is 0 Å². The second kappa shape index (κ2) is 6.41. The lowest BCUT2D eigenvalue weighted by Gasteiger charge is -2.38. The molecule has 0 bridgehead atoms. The molecule has 2 heterocycles. The van der Waals surface area contributed by atoms with Crippen molar-refractivity contribution < 1.29 is 9.90 Å². The van der Waals surface area contributed by atoms with Crippen LogP contribution in [0.5, 0.6) is 0 Å². The minimum Gasteiger partial charge on any atom is -0.396 e. The zero-order valence-corrected chi connectivity index (χ0v) is 11.5. The van der Waals surface area contributed by atoms with Crippen molar-refractivity contribution in [1.29, 1.82) is 0 Å². The van der Waals surface area contributed by atoms with Crippen molar-refractivity contribution in [1.82, 2.24) is 9.80 Å². The third-order valence-electron chi connectivity index (χ3n) is 4.38. The Balaban J connectivity index is 1.84. The fraction of sp³-hybridized carbons (Fsp3) is 0.929. The predicted molar refractivity (Wildman–Crippen MR) is 71.4 cm³/mol. The molecular formula is C14H26N2O2. The number of hydrogen-bond donors (Lipinski definition) is 1. The van der Waals surface area contributed by atoms with Gasteiger partial charge in [-0.2, -0.15) is 0 Å². The molecule has 0 aromatic carbocycles. The van der Waals surface area contributed by atoms with Crippen LogP contribution in [0.1, 0.15) is 39.0 Å². The molecule has 0 aliphatic carbocycles. The van der Waals surface area contributed by atoms with Crippen LogP contribution in [0, 0.1) is 11.8 Å². The number of nitrogens with zero attached hydrogens (tertiary/aromatic N) is 2. The molecule has 2 rings (SSSR count). The summed E-state index contributed by atoms with van der Waals surface area (Å²) >= 11 is 0. The Morgan fingerprint density at radius 2 is 1.89 bits per heavy atom. The highest BCUT2D eigenvalue weighted by atomic mass is 16.3. The van der Waals surface area contributed by atoms with Gasteiger partial charge in [-0.05, 0) is 43.9 Å². The van der Waals surface area contributed by atoms with Gasteiger partial charge in [-0.3, -0.25) is 0 Å². The number of carbonyl (C=O) groups excluding carboxylic acids is 1. The molecule has 2 aliphatic rings. The molecule has 0 aromatic heterocycles. The van der Waals surface area contributed by atoms with E-state index in [0.717, 1.165) is 64.2 Å². The summed E-state index contributed by atoms with van der Waals surface area (Å²) in [7, 11) is 0. The Morgan fingerprint density at radius 1 is 1.17 bits per heavy atom. The smallest absolute Gasteiger partial charge is 0.320 e. The molecule has 18 heavy (non-hydrogen) atoms. The molecule has 1 atom stereocenters. The van der Waals surface area contributed by atoms with Gasteiger partial charge in [0.25, 0.3) is 0 Å². The number of aliphatic hydroxyl groups is 1. The summed E-state index contributed by atoms with van der Waals surface area (Å²) in [6, 6.07) is 0.226. The Morgan fingerprint density at radius 3 is 2.56 bits per heavy atom. The van der Waals surface area contributed by atoms with Gasteiger partial charge in [0.1, 0.15) is 0 Å². The topological polar surface area (TPSA) is 43.8 Å². The number of likely N-dealkylation sites (tertiary alicyclic amines) is 2. The minimum absolute atomic E-state index is 0.226. The molecular weight excluding hydrogens is 228 g/mol. The highest BCUT2D eigenvalue weighted by Gasteiger charge is 2.28. The maximum Gasteiger partial charge on any atom is 0.320 e. The summed E-state index contributed by atoms with van der Waals surface area (Å²) in [4.78, 5) is 16.4. The summed E-state index contributed by atoms with van der Waals surface area (Å²) < 4.78 is 0. The number of piperidine rings is 2. The molecule has 2 saturated heterocycles. The molecule has 2 amide bonds. The summed E-state index contributed by atoms with van der Waals surface area (Å²) in [6.07, 6.45) is 5.35. The zero-order chi connectivity index (χ0) is 13.0. The second-order valence-corrected chi connectivity index (χ2v) is 5.92. The summed E-state index contributed by atoms with van der Waals surface area (Å²) in [5.41, 5.74) is 0. The first kappa shape index (κ1) is 13.7. The Hall–Kier alpha value is -0.770. The molecule has 0 aromatic rings. The molecule has 2 fully saturated rings. The maximum absolute atomic E-state index is 12.4. The van der Waals surface area contributed by atoms with Crippen LogP contribution in [-0.2, 0) is 0 Å². The molecule has 4 heteroatoms. The van der Waals surface area contributed by atoms with Gasteiger partial charge in [-0.1, -0.05) is 6.92 Å². The van der Waals surface area contributed by atoms with Crippen molar-refractivity contribution in [3.63, 3.8) is 0 Å². The van der Waals surface area contributed by atoms with Crippen LogP contribution in [0.3, 0.4) is 0 Å². The molecule has 0 radical (unpaired) electrons. The Bertz CT molecular complexity index is 273. The van der Waals surface area contributed by atoms with Gasteiger partial charge in [-0.25, -0.2) is 4.79 Å². The largest absolute Gasteiger partial charge is 0.396 e. The van der Waals surface area contributed by atoms with E-state index in [0.29, 0.717) is 5.92 Å². The van der Waals surface area contributed by atoms with Crippen LogP contribution in [0.2, 0.25) is 0 Å². The van der Waals surface area contributed by atoms with Gasteiger partial charge in [0.2, 0.25) is 0 Å². The van der Waals surface area contributed by atoms with Crippen molar-refractivity contribution in [3.05, 3.63) is 0 Å². The predicted octanol–water partition coefficient (Wildman–Crippen LogP) is 1.93. The van der Waals surface area contributed by atoms with Gasteiger partial charge < -0.3 is 14.9 Å². The maximum atomic E-state index is 12.4. The number of aliphatic hydroxyl groups excluding tert-OH is 1. The van der Waals surface area contributed by atoms with Crippen LogP contribution in [0.15, 0.2) is 0 Å². The summed E-state index contributed by atoms with van der Waals surface area (Å²) in [5.74, 6) is 1.26. The zero-order valence-electron chi connectivity index (χ0n) is 11.5. The standard InChI is InChI=1S/C14H26N2O2/c1-12-4-8-15(9-5-12)14(18)16-7-2-3-13(11-16)6-10-17/h12-13,17H,2-11H2,1H3. The highest BCUT2D eigenvalue weighted by molar-refractivity contribution is 5.74. The lowest BCUT2D eigenvalue weighted by Crippen LogP contribution is -2.49. The van der Waals surface area contributed by atoms with E-state index in [1.54, 1.807) is 0 Å². The van der Waals surface area contributed by atoms with Crippen molar-refractivity contribution in [2.45, 2.75) is 39.0 Å². The number of carbonyl (C=O) groups is 1. The van der Waals surface area contributed by atoms with Crippen LogP contribution >= 0.6 is 0 Å². The lowest BCUT2D eigenvalue weighted by molar-refractivity contribution is 0.108. The molecule has 104 valence electrons. The lowest BCUT2D eigenvalue weighted by atomic mass is 9.95.